The maximum absolute atomic E-state index is 12.1. The van der Waals surface area contributed by atoms with Gasteiger partial charge in [-0.2, -0.15) is 0 Å². The van der Waals surface area contributed by atoms with Crippen LogP contribution in [0.25, 0.3) is 0 Å². The Morgan fingerprint density at radius 3 is 2.37 bits per heavy atom. The molecular weight excluding hydrogens is 260 g/mol. The first-order valence-corrected chi connectivity index (χ1v) is 7.31. The van der Waals surface area contributed by atoms with Crippen molar-refractivity contribution in [3.8, 4) is 0 Å². The zero-order chi connectivity index (χ0) is 13.7. The van der Waals surface area contributed by atoms with Crippen molar-refractivity contribution in [2.24, 2.45) is 0 Å². The second-order valence-electron chi connectivity index (χ2n) is 4.94. The Morgan fingerprint density at radius 2 is 1.79 bits per heavy atom. The van der Waals surface area contributed by atoms with Gasteiger partial charge in [0.25, 0.3) is 0 Å². The Labute approximate surface area is 120 Å². The molecule has 1 aromatic rings. The lowest BCUT2D eigenvalue weighted by Crippen LogP contribution is -2.48. The van der Waals surface area contributed by atoms with Crippen LogP contribution in [-0.2, 0) is 11.2 Å². The van der Waals surface area contributed by atoms with Crippen LogP contribution in [0, 0.1) is 0 Å². The van der Waals surface area contributed by atoms with Crippen molar-refractivity contribution in [2.45, 2.75) is 19.8 Å². The number of rotatable bonds is 4. The first kappa shape index (κ1) is 14.4. The van der Waals surface area contributed by atoms with Gasteiger partial charge in [0, 0.05) is 37.6 Å². The minimum Gasteiger partial charge on any atom is -0.340 e. The molecule has 0 radical (unpaired) electrons. The number of nitrogens with zero attached hydrogens (tertiary/aromatic N) is 2. The average molecular weight is 281 g/mol. The fourth-order valence-corrected chi connectivity index (χ4v) is 2.50. The predicted octanol–water partition coefficient (Wildman–Crippen LogP) is 2.44. The molecule has 0 spiro atoms. The van der Waals surface area contributed by atoms with Crippen LogP contribution in [0.4, 0.5) is 0 Å². The summed E-state index contributed by atoms with van der Waals surface area (Å²) in [6.07, 6.45) is 1.39. The predicted molar refractivity (Wildman–Crippen MR) is 78.5 cm³/mol. The van der Waals surface area contributed by atoms with Gasteiger partial charge in [0.1, 0.15) is 0 Å². The van der Waals surface area contributed by atoms with E-state index in [0.29, 0.717) is 6.42 Å². The maximum Gasteiger partial charge on any atom is 0.222 e. The molecule has 1 aliphatic heterocycles. The van der Waals surface area contributed by atoms with Gasteiger partial charge >= 0.3 is 0 Å². The lowest BCUT2D eigenvalue weighted by molar-refractivity contribution is -0.132. The Balaban J connectivity index is 1.77. The highest BCUT2D eigenvalue weighted by atomic mass is 35.5. The fraction of sp³-hybridized carbons (Fsp3) is 0.533. The molecule has 1 aliphatic rings. The molecule has 104 valence electrons. The molecular formula is C15H21ClN2O. The summed E-state index contributed by atoms with van der Waals surface area (Å²) in [6.45, 7) is 6.98. The Morgan fingerprint density at radius 1 is 1.16 bits per heavy atom. The highest BCUT2D eigenvalue weighted by molar-refractivity contribution is 6.30. The number of halogens is 1. The number of carbonyl (C=O) groups excluding carboxylic acids is 1. The largest absolute Gasteiger partial charge is 0.340 e. The first-order valence-electron chi connectivity index (χ1n) is 6.93. The number of carbonyl (C=O) groups is 1. The molecule has 4 heteroatoms. The lowest BCUT2D eigenvalue weighted by Gasteiger charge is -2.34. The molecule has 3 nitrogen and oxygen atoms in total. The van der Waals surface area contributed by atoms with Crippen molar-refractivity contribution >= 4 is 17.5 Å². The van der Waals surface area contributed by atoms with Crippen LogP contribution in [-0.4, -0.2) is 48.4 Å². The normalized spacial score (nSPS) is 16.6. The second-order valence-corrected chi connectivity index (χ2v) is 5.38. The number of hydrogen-bond donors (Lipinski definition) is 0. The van der Waals surface area contributed by atoms with Crippen LogP contribution >= 0.6 is 11.6 Å². The van der Waals surface area contributed by atoms with Gasteiger partial charge in [0.15, 0.2) is 0 Å². The quantitative estimate of drug-likeness (QED) is 0.846. The van der Waals surface area contributed by atoms with Crippen LogP contribution < -0.4 is 0 Å². The van der Waals surface area contributed by atoms with E-state index in [0.717, 1.165) is 44.2 Å². The molecule has 1 fully saturated rings. The maximum atomic E-state index is 12.1. The summed E-state index contributed by atoms with van der Waals surface area (Å²) in [4.78, 5) is 16.5. The van der Waals surface area contributed by atoms with Gasteiger partial charge in [0.2, 0.25) is 5.91 Å². The minimum atomic E-state index is 0.269. The first-order chi connectivity index (χ1) is 9.19. The Hall–Kier alpha value is -1.06. The van der Waals surface area contributed by atoms with Crippen molar-refractivity contribution in [3.63, 3.8) is 0 Å². The van der Waals surface area contributed by atoms with Crippen molar-refractivity contribution in [2.75, 3.05) is 32.7 Å². The van der Waals surface area contributed by atoms with E-state index in [4.69, 9.17) is 11.6 Å². The van der Waals surface area contributed by atoms with E-state index in [-0.39, 0.29) is 5.91 Å². The molecule has 0 bridgehead atoms. The molecule has 1 saturated heterocycles. The van der Waals surface area contributed by atoms with Crippen molar-refractivity contribution in [3.05, 3.63) is 34.9 Å². The summed E-state index contributed by atoms with van der Waals surface area (Å²) in [5.74, 6) is 0.269. The summed E-state index contributed by atoms with van der Waals surface area (Å²) in [5.41, 5.74) is 1.17. The number of amides is 1. The van der Waals surface area contributed by atoms with Crippen LogP contribution in [0.1, 0.15) is 18.9 Å². The van der Waals surface area contributed by atoms with E-state index in [2.05, 4.69) is 11.8 Å². The van der Waals surface area contributed by atoms with Crippen LogP contribution in [0.2, 0.25) is 5.02 Å². The smallest absolute Gasteiger partial charge is 0.222 e. The van der Waals surface area contributed by atoms with Crippen molar-refractivity contribution < 1.29 is 4.79 Å². The number of piperazine rings is 1. The molecule has 1 aromatic carbocycles. The molecule has 0 unspecified atom stereocenters. The van der Waals surface area contributed by atoms with Gasteiger partial charge in [-0.25, -0.2) is 0 Å². The van der Waals surface area contributed by atoms with E-state index < -0.39 is 0 Å². The van der Waals surface area contributed by atoms with E-state index >= 15 is 0 Å². The Kier molecular flexibility index (Phi) is 5.23. The molecule has 0 N–H and O–H groups in total. The summed E-state index contributed by atoms with van der Waals surface area (Å²) in [6, 6.07) is 7.73. The lowest BCUT2D eigenvalue weighted by atomic mass is 10.1. The van der Waals surface area contributed by atoms with E-state index in [1.165, 1.54) is 5.56 Å². The van der Waals surface area contributed by atoms with Crippen LogP contribution in [0.3, 0.4) is 0 Å². The number of benzene rings is 1. The van der Waals surface area contributed by atoms with Gasteiger partial charge in [-0.05, 0) is 30.7 Å². The molecule has 19 heavy (non-hydrogen) atoms. The fourth-order valence-electron chi connectivity index (χ4n) is 2.37. The molecule has 2 rings (SSSR count). The zero-order valence-corrected chi connectivity index (χ0v) is 12.2. The third kappa shape index (κ3) is 4.22. The Bertz CT molecular complexity index is 411. The molecule has 1 amide bonds. The van der Waals surface area contributed by atoms with Gasteiger partial charge < -0.3 is 9.80 Å². The van der Waals surface area contributed by atoms with Crippen LogP contribution in [0.15, 0.2) is 24.3 Å². The molecule has 0 atom stereocenters. The average Bonchev–Trinajstić information content (AvgIpc) is 2.46. The third-order valence-electron chi connectivity index (χ3n) is 3.71. The summed E-state index contributed by atoms with van der Waals surface area (Å²) >= 11 is 5.84. The van der Waals surface area contributed by atoms with Gasteiger partial charge in [-0.1, -0.05) is 30.7 Å². The third-order valence-corrected chi connectivity index (χ3v) is 3.96. The highest BCUT2D eigenvalue weighted by Gasteiger charge is 2.19. The highest BCUT2D eigenvalue weighted by Crippen LogP contribution is 2.12. The monoisotopic (exact) mass is 280 g/mol. The van der Waals surface area contributed by atoms with E-state index in [1.54, 1.807) is 0 Å². The second kappa shape index (κ2) is 6.92. The molecule has 0 aromatic heterocycles. The minimum absolute atomic E-state index is 0.269. The molecule has 0 saturated carbocycles. The van der Waals surface area contributed by atoms with E-state index in [1.807, 2.05) is 29.2 Å². The van der Waals surface area contributed by atoms with E-state index in [9.17, 15) is 4.79 Å². The summed E-state index contributed by atoms with van der Waals surface area (Å²) in [5, 5.41) is 0.741. The molecule has 0 aliphatic carbocycles. The van der Waals surface area contributed by atoms with Crippen molar-refractivity contribution in [1.29, 1.82) is 0 Å². The number of hydrogen-bond acceptors (Lipinski definition) is 2. The SMILES string of the molecule is CCN1CCN(C(=O)CCc2ccc(Cl)cc2)CC1. The van der Waals surface area contributed by atoms with Crippen LogP contribution in [0.5, 0.6) is 0 Å². The number of aryl methyl sites for hydroxylation is 1. The topological polar surface area (TPSA) is 23.6 Å². The van der Waals surface area contributed by atoms with Gasteiger partial charge in [-0.3, -0.25) is 4.79 Å². The standard InChI is InChI=1S/C15H21ClN2O/c1-2-17-9-11-18(12-10-17)15(19)8-5-13-3-6-14(16)7-4-13/h3-4,6-7H,2,5,8-12H2,1H3. The van der Waals surface area contributed by atoms with Gasteiger partial charge in [-0.15, -0.1) is 0 Å². The summed E-state index contributed by atoms with van der Waals surface area (Å²) in [7, 11) is 0. The van der Waals surface area contributed by atoms with Gasteiger partial charge in [0.05, 0.1) is 0 Å². The molecule has 1 heterocycles. The summed E-state index contributed by atoms with van der Waals surface area (Å²) < 4.78 is 0. The number of likely N-dealkylation sites (N-methyl/N-ethyl adjacent to an activating group) is 1. The van der Waals surface area contributed by atoms with Crippen molar-refractivity contribution in [1.82, 2.24) is 9.80 Å². The zero-order valence-electron chi connectivity index (χ0n) is 11.4.